The van der Waals surface area contributed by atoms with Crippen molar-refractivity contribution in [3.63, 3.8) is 0 Å². The fourth-order valence-corrected chi connectivity index (χ4v) is 5.15. The van der Waals surface area contributed by atoms with Crippen molar-refractivity contribution in [1.82, 2.24) is 19.4 Å². The molecule has 11 heteroatoms. The molecule has 2 saturated heterocycles. The van der Waals surface area contributed by atoms with Crippen molar-refractivity contribution in [2.24, 2.45) is 0 Å². The molecule has 0 saturated carbocycles. The molecule has 0 radical (unpaired) electrons. The Bertz CT molecular complexity index is 956. The third-order valence-corrected chi connectivity index (χ3v) is 7.37. The van der Waals surface area contributed by atoms with Crippen LogP contribution in [0.15, 0.2) is 23.1 Å². The van der Waals surface area contributed by atoms with Crippen LogP contribution >= 0.6 is 0 Å². The fourth-order valence-electron chi connectivity index (χ4n) is 3.71. The number of imide groups is 1. The van der Waals surface area contributed by atoms with Gasteiger partial charge in [0.2, 0.25) is 10.0 Å². The van der Waals surface area contributed by atoms with Crippen molar-refractivity contribution in [2.75, 3.05) is 46.1 Å². The minimum absolute atomic E-state index is 0.145. The first-order valence-electron chi connectivity index (χ1n) is 9.95. The zero-order valence-corrected chi connectivity index (χ0v) is 17.9. The maximum Gasteiger partial charge on any atom is 0.326 e. The highest BCUT2D eigenvalue weighted by molar-refractivity contribution is 7.89. The van der Waals surface area contributed by atoms with Crippen molar-refractivity contribution in [2.45, 2.75) is 30.7 Å². The minimum Gasteiger partial charge on any atom is -0.490 e. The van der Waals surface area contributed by atoms with Crippen LogP contribution in [-0.2, 0) is 14.8 Å². The Balaban J connectivity index is 1.41. The third kappa shape index (κ3) is 3.84. The average Bonchev–Trinajstić information content (AvgIpc) is 2.88. The van der Waals surface area contributed by atoms with E-state index in [1.807, 2.05) is 4.90 Å². The first-order valence-corrected chi connectivity index (χ1v) is 11.4. The topological polar surface area (TPSA) is 108 Å². The van der Waals surface area contributed by atoms with Crippen LogP contribution in [0.1, 0.15) is 20.3 Å². The molecule has 3 amide bonds. The minimum atomic E-state index is -3.69. The van der Waals surface area contributed by atoms with Gasteiger partial charge < -0.3 is 14.8 Å². The van der Waals surface area contributed by atoms with Gasteiger partial charge in [-0.2, -0.15) is 4.31 Å². The van der Waals surface area contributed by atoms with Gasteiger partial charge in [-0.3, -0.25) is 9.69 Å². The number of sulfonamides is 1. The van der Waals surface area contributed by atoms with Gasteiger partial charge in [0.15, 0.2) is 11.5 Å². The van der Waals surface area contributed by atoms with E-state index in [2.05, 4.69) is 5.32 Å². The van der Waals surface area contributed by atoms with Gasteiger partial charge >= 0.3 is 6.03 Å². The number of urea groups is 1. The van der Waals surface area contributed by atoms with Gasteiger partial charge in [0.25, 0.3) is 5.91 Å². The Hall–Kier alpha value is -2.37. The van der Waals surface area contributed by atoms with Crippen molar-refractivity contribution >= 4 is 22.0 Å². The van der Waals surface area contributed by atoms with Crippen LogP contribution in [0.4, 0.5) is 4.79 Å². The largest absolute Gasteiger partial charge is 0.490 e. The number of fused-ring (bicyclic) bond motifs is 1. The van der Waals surface area contributed by atoms with Crippen LogP contribution in [0.2, 0.25) is 0 Å². The summed E-state index contributed by atoms with van der Waals surface area (Å²) < 4.78 is 38.8. The molecule has 1 N–H and O–H groups in total. The van der Waals surface area contributed by atoms with Crippen molar-refractivity contribution < 1.29 is 27.5 Å². The van der Waals surface area contributed by atoms with Gasteiger partial charge in [-0.25, -0.2) is 18.1 Å². The van der Waals surface area contributed by atoms with E-state index in [0.717, 1.165) is 6.42 Å². The second kappa shape index (κ2) is 7.71. The second-order valence-electron chi connectivity index (χ2n) is 8.11. The molecule has 0 spiro atoms. The van der Waals surface area contributed by atoms with Gasteiger partial charge in [-0.1, -0.05) is 0 Å². The number of ether oxygens (including phenoxy) is 2. The molecule has 3 aliphatic heterocycles. The second-order valence-corrected chi connectivity index (χ2v) is 10.0. The van der Waals surface area contributed by atoms with E-state index in [-0.39, 0.29) is 30.6 Å². The molecule has 164 valence electrons. The lowest BCUT2D eigenvalue weighted by Gasteiger charge is -2.35. The van der Waals surface area contributed by atoms with Crippen LogP contribution in [0, 0.1) is 0 Å². The molecule has 0 aliphatic carbocycles. The maximum absolute atomic E-state index is 13.1. The van der Waals surface area contributed by atoms with E-state index >= 15 is 0 Å². The van der Waals surface area contributed by atoms with E-state index in [0.29, 0.717) is 37.8 Å². The molecule has 1 aromatic carbocycles. The molecule has 0 aromatic heterocycles. The molecule has 2 fully saturated rings. The van der Waals surface area contributed by atoms with Crippen LogP contribution in [0.25, 0.3) is 0 Å². The number of nitrogens with one attached hydrogen (secondary N) is 1. The lowest BCUT2D eigenvalue weighted by Crippen LogP contribution is -2.52. The summed E-state index contributed by atoms with van der Waals surface area (Å²) in [5.41, 5.74) is -0.917. The molecule has 0 atom stereocenters. The summed E-state index contributed by atoms with van der Waals surface area (Å²) in [5, 5.41) is 2.65. The Morgan fingerprint density at radius 1 is 1.03 bits per heavy atom. The molecule has 3 aliphatic rings. The highest BCUT2D eigenvalue weighted by atomic mass is 32.2. The lowest BCUT2D eigenvalue weighted by molar-refractivity contribution is -0.131. The number of carbonyl (C=O) groups excluding carboxylic acids is 2. The standard InChI is InChI=1S/C19H26N4O6S/c1-19(2)17(24)23(18(25)20-19)13-21-6-8-22(9-7-21)30(26,27)14-4-5-15-16(12-14)29-11-3-10-28-15/h4-5,12H,3,6-11,13H2,1-2H3,(H,20,25). The summed E-state index contributed by atoms with van der Waals surface area (Å²) in [6.07, 6.45) is 0.744. The number of hydrogen-bond donors (Lipinski definition) is 1. The molecule has 30 heavy (non-hydrogen) atoms. The maximum atomic E-state index is 13.1. The molecule has 4 rings (SSSR count). The molecular formula is C19H26N4O6S. The van der Waals surface area contributed by atoms with Crippen LogP contribution in [0.3, 0.4) is 0 Å². The number of rotatable bonds is 4. The summed E-state index contributed by atoms with van der Waals surface area (Å²) in [6, 6.07) is 4.25. The van der Waals surface area contributed by atoms with E-state index in [9.17, 15) is 18.0 Å². The summed E-state index contributed by atoms with van der Waals surface area (Å²) in [4.78, 5) is 27.7. The summed E-state index contributed by atoms with van der Waals surface area (Å²) >= 11 is 0. The molecule has 1 aromatic rings. The smallest absolute Gasteiger partial charge is 0.326 e. The predicted molar refractivity (Wildman–Crippen MR) is 107 cm³/mol. The normalized spacial score (nSPS) is 22.7. The van der Waals surface area contributed by atoms with Crippen molar-refractivity contribution in [1.29, 1.82) is 0 Å². The van der Waals surface area contributed by atoms with E-state index in [1.165, 1.54) is 21.3 Å². The molecule has 0 unspecified atom stereocenters. The molecule has 10 nitrogen and oxygen atoms in total. The molecule has 3 heterocycles. The van der Waals surface area contributed by atoms with Crippen LogP contribution < -0.4 is 14.8 Å². The summed E-state index contributed by atoms with van der Waals surface area (Å²) in [6.45, 7) is 5.85. The number of carbonyl (C=O) groups is 2. The first-order chi connectivity index (χ1) is 14.2. The van der Waals surface area contributed by atoms with Gasteiger partial charge in [-0.15, -0.1) is 0 Å². The van der Waals surface area contributed by atoms with Gasteiger partial charge in [0, 0.05) is 38.7 Å². The molecular weight excluding hydrogens is 412 g/mol. The van der Waals surface area contributed by atoms with E-state index < -0.39 is 21.6 Å². The monoisotopic (exact) mass is 438 g/mol. The number of benzene rings is 1. The van der Waals surface area contributed by atoms with Crippen molar-refractivity contribution in [3.05, 3.63) is 18.2 Å². The average molecular weight is 439 g/mol. The number of amides is 3. The predicted octanol–water partition coefficient (Wildman–Crippen LogP) is 0.442. The zero-order chi connectivity index (χ0) is 21.5. The van der Waals surface area contributed by atoms with Gasteiger partial charge in [0.05, 0.1) is 24.8 Å². The highest BCUT2D eigenvalue weighted by Gasteiger charge is 2.45. The van der Waals surface area contributed by atoms with E-state index in [1.54, 1.807) is 19.9 Å². The molecule has 0 bridgehead atoms. The fraction of sp³-hybridized carbons (Fsp3) is 0.579. The number of hydrogen-bond acceptors (Lipinski definition) is 7. The Kier molecular flexibility index (Phi) is 5.37. The Morgan fingerprint density at radius 3 is 2.33 bits per heavy atom. The first kappa shape index (κ1) is 20.9. The van der Waals surface area contributed by atoms with E-state index in [4.69, 9.17) is 9.47 Å². The number of piperazine rings is 1. The zero-order valence-electron chi connectivity index (χ0n) is 17.1. The SMILES string of the molecule is CC1(C)NC(=O)N(CN2CCN(S(=O)(=O)c3ccc4c(c3)OCCCO4)CC2)C1=O. The lowest BCUT2D eigenvalue weighted by atomic mass is 10.1. The number of nitrogens with zero attached hydrogens (tertiary/aromatic N) is 3. The highest BCUT2D eigenvalue weighted by Crippen LogP contribution is 2.33. The Labute approximate surface area is 175 Å². The van der Waals surface area contributed by atoms with Crippen LogP contribution in [0.5, 0.6) is 11.5 Å². The quantitative estimate of drug-likeness (QED) is 0.680. The van der Waals surface area contributed by atoms with Gasteiger partial charge in [-0.05, 0) is 26.0 Å². The summed E-state index contributed by atoms with van der Waals surface area (Å²) in [7, 11) is -3.69. The van der Waals surface area contributed by atoms with Crippen LogP contribution in [-0.4, -0.2) is 86.1 Å². The van der Waals surface area contributed by atoms with Gasteiger partial charge in [0.1, 0.15) is 5.54 Å². The third-order valence-electron chi connectivity index (χ3n) is 5.47. The summed E-state index contributed by atoms with van der Waals surface area (Å²) in [5.74, 6) is 0.705. The Morgan fingerprint density at radius 2 is 1.70 bits per heavy atom. The van der Waals surface area contributed by atoms with Crippen molar-refractivity contribution in [3.8, 4) is 11.5 Å².